The molecular weight excluding hydrogens is 503 g/mol. The zero-order valence-corrected chi connectivity index (χ0v) is 21.0. The largest absolute Gasteiger partial charge is 0.467 e. The number of halogens is 3. The van der Waals surface area contributed by atoms with E-state index in [-0.39, 0.29) is 50.5 Å². The van der Waals surface area contributed by atoms with E-state index in [1.165, 1.54) is 23.3 Å². The fourth-order valence-corrected chi connectivity index (χ4v) is 3.98. The number of benzene rings is 2. The average Bonchev–Trinajstić information content (AvgIpc) is 3.54. The van der Waals surface area contributed by atoms with Gasteiger partial charge >= 0.3 is 12.2 Å². The van der Waals surface area contributed by atoms with Crippen molar-refractivity contribution >= 4 is 17.6 Å². The van der Waals surface area contributed by atoms with Crippen LogP contribution < -0.4 is 14.8 Å². The molecule has 0 unspecified atom stereocenters. The molecule has 0 radical (unpaired) electrons. The Balaban J connectivity index is 1.51. The molecule has 0 spiro atoms. The van der Waals surface area contributed by atoms with Crippen molar-refractivity contribution in [2.75, 3.05) is 25.2 Å². The highest BCUT2D eigenvalue weighted by molar-refractivity contribution is 5.92. The Labute approximate surface area is 217 Å². The van der Waals surface area contributed by atoms with Crippen molar-refractivity contribution in [3.05, 3.63) is 77.7 Å². The van der Waals surface area contributed by atoms with Crippen LogP contribution in [-0.2, 0) is 24.1 Å². The number of alkyl halides is 3. The summed E-state index contributed by atoms with van der Waals surface area (Å²) >= 11 is 0. The Morgan fingerprint density at radius 3 is 2.47 bits per heavy atom. The first-order valence-electron chi connectivity index (χ1n) is 12.0. The van der Waals surface area contributed by atoms with E-state index in [4.69, 9.17) is 13.9 Å². The molecule has 2 aromatic carbocycles. The Hall–Kier alpha value is -4.15. The van der Waals surface area contributed by atoms with E-state index in [1.807, 2.05) is 19.9 Å². The van der Waals surface area contributed by atoms with Crippen molar-refractivity contribution in [3.63, 3.8) is 0 Å². The van der Waals surface area contributed by atoms with Gasteiger partial charge in [0.25, 0.3) is 0 Å². The zero-order chi connectivity index (χ0) is 27.3. The fourth-order valence-electron chi connectivity index (χ4n) is 3.98. The molecule has 1 aromatic heterocycles. The summed E-state index contributed by atoms with van der Waals surface area (Å²) in [6.45, 7) is 4.18. The summed E-state index contributed by atoms with van der Waals surface area (Å²) in [5, 5.41) is 2.49. The van der Waals surface area contributed by atoms with Crippen molar-refractivity contribution in [3.8, 4) is 11.5 Å². The molecule has 0 fully saturated rings. The molecule has 0 saturated carbocycles. The number of ether oxygens (including phenoxy) is 2. The second kappa shape index (κ2) is 11.5. The summed E-state index contributed by atoms with van der Waals surface area (Å²) in [7, 11) is 0. The topological polar surface area (TPSA) is 84.2 Å². The van der Waals surface area contributed by atoms with Crippen LogP contribution in [0.5, 0.6) is 11.5 Å². The van der Waals surface area contributed by atoms with Crippen molar-refractivity contribution in [2.24, 2.45) is 5.92 Å². The van der Waals surface area contributed by atoms with Crippen molar-refractivity contribution in [2.45, 2.75) is 33.1 Å². The van der Waals surface area contributed by atoms with Gasteiger partial charge in [0.15, 0.2) is 11.5 Å². The molecule has 38 heavy (non-hydrogen) atoms. The summed E-state index contributed by atoms with van der Waals surface area (Å²) in [5.41, 5.74) is -0.105. The molecule has 8 nitrogen and oxygen atoms in total. The second-order valence-electron chi connectivity index (χ2n) is 9.30. The molecule has 4 rings (SSSR count). The molecule has 0 saturated heterocycles. The molecule has 3 aromatic rings. The number of hydrogen-bond acceptors (Lipinski definition) is 5. The number of rotatable bonds is 9. The minimum Gasteiger partial charge on any atom is -0.467 e. The minimum absolute atomic E-state index is 0.00226. The van der Waals surface area contributed by atoms with Gasteiger partial charge in [0, 0.05) is 18.8 Å². The highest BCUT2D eigenvalue weighted by atomic mass is 19.4. The molecule has 0 bridgehead atoms. The predicted octanol–water partition coefficient (Wildman–Crippen LogP) is 5.75. The first-order chi connectivity index (χ1) is 18.1. The van der Waals surface area contributed by atoms with Crippen molar-refractivity contribution < 1.29 is 36.7 Å². The maximum atomic E-state index is 13.5. The van der Waals surface area contributed by atoms with Gasteiger partial charge in [0.05, 0.1) is 18.4 Å². The fraction of sp³-hybridized carbons (Fsp3) is 0.333. The lowest BCUT2D eigenvalue weighted by Gasteiger charge is -2.28. The lowest BCUT2D eigenvalue weighted by Crippen LogP contribution is -2.45. The van der Waals surface area contributed by atoms with E-state index in [9.17, 15) is 22.8 Å². The number of nitrogens with one attached hydrogen (secondary N) is 1. The van der Waals surface area contributed by atoms with E-state index >= 15 is 0 Å². The molecule has 0 atom stereocenters. The van der Waals surface area contributed by atoms with Gasteiger partial charge in [0.1, 0.15) is 12.3 Å². The number of carbonyl (C=O) groups excluding carboxylic acids is 2. The summed E-state index contributed by atoms with van der Waals surface area (Å²) in [4.78, 5) is 29.4. The Bertz CT molecular complexity index is 1260. The Kier molecular flexibility index (Phi) is 8.13. The summed E-state index contributed by atoms with van der Waals surface area (Å²) < 4.78 is 55.6. The van der Waals surface area contributed by atoms with Crippen LogP contribution in [0, 0.1) is 5.92 Å². The highest BCUT2D eigenvalue weighted by Crippen LogP contribution is 2.33. The average molecular weight is 532 g/mol. The molecule has 2 heterocycles. The van der Waals surface area contributed by atoms with E-state index < -0.39 is 17.8 Å². The second-order valence-corrected chi connectivity index (χ2v) is 9.30. The number of anilines is 1. The van der Waals surface area contributed by atoms with Crippen LogP contribution >= 0.6 is 0 Å². The lowest BCUT2D eigenvalue weighted by molar-refractivity contribution is -0.137. The number of furan rings is 1. The van der Waals surface area contributed by atoms with Gasteiger partial charge in [-0.05, 0) is 53.9 Å². The summed E-state index contributed by atoms with van der Waals surface area (Å²) in [6.07, 6.45) is -3.04. The standard InChI is InChI=1S/C27H28F3N3O5/c1-18(2)13-33(26(35)31-21-6-3-5-20(12-21)27(28,29)30)16-25(34)32(15-22-7-4-10-36-22)14-19-8-9-23-24(11-19)38-17-37-23/h3-12,18H,13-17H2,1-2H3,(H,31,35). The van der Waals surface area contributed by atoms with Gasteiger partial charge in [-0.1, -0.05) is 26.0 Å². The van der Waals surface area contributed by atoms with E-state index in [1.54, 1.807) is 29.2 Å². The SMILES string of the molecule is CC(C)CN(CC(=O)N(Cc1ccc2c(c1)OCO2)Cc1ccco1)C(=O)Nc1cccc(C(F)(F)F)c1. The van der Waals surface area contributed by atoms with Crippen LogP contribution in [0.25, 0.3) is 0 Å². The maximum absolute atomic E-state index is 13.5. The van der Waals surface area contributed by atoms with Gasteiger partial charge in [-0.15, -0.1) is 0 Å². The first kappa shape index (κ1) is 26.9. The van der Waals surface area contributed by atoms with Gasteiger partial charge in [0.2, 0.25) is 12.7 Å². The molecule has 1 aliphatic heterocycles. The van der Waals surface area contributed by atoms with E-state index in [2.05, 4.69) is 5.32 Å². The van der Waals surface area contributed by atoms with Gasteiger partial charge in [-0.25, -0.2) is 4.79 Å². The number of nitrogens with zero attached hydrogens (tertiary/aromatic N) is 2. The molecule has 0 aliphatic carbocycles. The van der Waals surface area contributed by atoms with Crippen LogP contribution in [-0.4, -0.2) is 41.6 Å². The number of fused-ring (bicyclic) bond motifs is 1. The monoisotopic (exact) mass is 531 g/mol. The van der Waals surface area contributed by atoms with Gasteiger partial charge < -0.3 is 29.0 Å². The Morgan fingerprint density at radius 2 is 1.76 bits per heavy atom. The first-order valence-corrected chi connectivity index (χ1v) is 12.0. The van der Waals surface area contributed by atoms with Crippen LogP contribution in [0.15, 0.2) is 65.3 Å². The smallest absolute Gasteiger partial charge is 0.416 e. The molecule has 3 amide bonds. The third-order valence-electron chi connectivity index (χ3n) is 5.73. The number of urea groups is 1. The lowest BCUT2D eigenvalue weighted by atomic mass is 10.1. The maximum Gasteiger partial charge on any atom is 0.416 e. The third kappa shape index (κ3) is 6.99. The van der Waals surface area contributed by atoms with Crippen LogP contribution in [0.2, 0.25) is 0 Å². The molecular formula is C27H28F3N3O5. The van der Waals surface area contributed by atoms with Gasteiger partial charge in [-0.3, -0.25) is 4.79 Å². The molecule has 1 aliphatic rings. The quantitative estimate of drug-likeness (QED) is 0.380. The highest BCUT2D eigenvalue weighted by Gasteiger charge is 2.31. The molecule has 1 N–H and O–H groups in total. The van der Waals surface area contributed by atoms with Crippen LogP contribution in [0.4, 0.5) is 23.7 Å². The number of amides is 3. The number of carbonyl (C=O) groups is 2. The van der Waals surface area contributed by atoms with Crippen LogP contribution in [0.1, 0.15) is 30.7 Å². The van der Waals surface area contributed by atoms with Gasteiger partial charge in [-0.2, -0.15) is 13.2 Å². The Morgan fingerprint density at radius 1 is 0.974 bits per heavy atom. The van der Waals surface area contributed by atoms with E-state index in [0.717, 1.165) is 17.7 Å². The molecule has 11 heteroatoms. The zero-order valence-electron chi connectivity index (χ0n) is 21.0. The predicted molar refractivity (Wildman–Crippen MR) is 132 cm³/mol. The normalized spacial score (nSPS) is 12.5. The minimum atomic E-state index is -4.55. The van der Waals surface area contributed by atoms with Crippen molar-refractivity contribution in [1.29, 1.82) is 0 Å². The summed E-state index contributed by atoms with van der Waals surface area (Å²) in [6, 6.07) is 12.5. The van der Waals surface area contributed by atoms with Crippen molar-refractivity contribution in [1.82, 2.24) is 9.80 Å². The molecule has 202 valence electrons. The van der Waals surface area contributed by atoms with Crippen LogP contribution in [0.3, 0.4) is 0 Å². The summed E-state index contributed by atoms with van der Waals surface area (Å²) in [5.74, 6) is 1.39. The third-order valence-corrected chi connectivity index (χ3v) is 5.73. The number of hydrogen-bond donors (Lipinski definition) is 1. The van der Waals surface area contributed by atoms with E-state index in [0.29, 0.717) is 17.3 Å².